The van der Waals surface area contributed by atoms with E-state index in [2.05, 4.69) is 10.1 Å². The van der Waals surface area contributed by atoms with Crippen LogP contribution in [0, 0.1) is 5.82 Å². The molecule has 2 aromatic rings. The number of halogens is 3. The van der Waals surface area contributed by atoms with Gasteiger partial charge in [0.2, 0.25) is 0 Å². The van der Waals surface area contributed by atoms with E-state index in [0.717, 1.165) is 0 Å². The van der Waals surface area contributed by atoms with Gasteiger partial charge in [0, 0.05) is 6.42 Å². The average Bonchev–Trinajstić information content (AvgIpc) is 3.18. The number of anilines is 1. The first-order valence-corrected chi connectivity index (χ1v) is 14.0. The van der Waals surface area contributed by atoms with Crippen molar-refractivity contribution < 1.29 is 41.6 Å². The lowest BCUT2D eigenvalue weighted by Crippen LogP contribution is -2.44. The highest BCUT2D eigenvalue weighted by Gasteiger charge is 2.54. The largest absolute Gasteiger partial charge is 0.462 e. The molecule has 0 saturated carbocycles. The number of aliphatic hydroxyl groups excluding tert-OH is 1. The summed E-state index contributed by atoms with van der Waals surface area (Å²) in [4.78, 5) is 27.8. The van der Waals surface area contributed by atoms with E-state index in [0.29, 0.717) is 10.8 Å². The number of hydrogen-bond donors (Lipinski definition) is 3. The molecule has 1 aromatic heterocycles. The van der Waals surface area contributed by atoms with Gasteiger partial charge in [0.15, 0.2) is 23.5 Å². The third kappa shape index (κ3) is 7.10. The highest BCUT2D eigenvalue weighted by Crippen LogP contribution is 2.49. The van der Waals surface area contributed by atoms with Crippen LogP contribution >= 0.6 is 6.64 Å². The van der Waals surface area contributed by atoms with Gasteiger partial charge in [-0.15, -0.1) is 0 Å². The zero-order chi connectivity index (χ0) is 28.3. The molecule has 0 radical (unpaired) electrons. The van der Waals surface area contributed by atoms with E-state index < -0.39 is 79.5 Å². The van der Waals surface area contributed by atoms with Gasteiger partial charge < -0.3 is 29.4 Å². The zero-order valence-electron chi connectivity index (χ0n) is 20.6. The minimum Gasteiger partial charge on any atom is -0.462 e. The first kappa shape index (κ1) is 30.0. The Morgan fingerprint density at radius 3 is 2.63 bits per heavy atom. The topological polar surface area (TPSA) is 147 Å². The first-order valence-electron chi connectivity index (χ1n) is 11.4. The van der Waals surface area contributed by atoms with E-state index in [1.54, 1.807) is 44.2 Å². The summed E-state index contributed by atoms with van der Waals surface area (Å²) in [5.41, 5.74) is 1.67. The number of ether oxygens (including phenoxy) is 2. The number of carbonyl (C=O) groups excluding carboxylic acids is 1. The standard InChI is InChI=1S/C22H28F3N4O7PS/c1-12(2)34-19(31)13(3)28-37(38,36-14-7-5-4-6-8-14)33-11-22(20(24)25)9-16(30)18(35-22)29-10-15(23)17(26)27-21(29)32/h4-8,10,12-13,16,18,20,30H,9,11H2,1-3H3,(H,28,38)(H2,26,27,32). The fourth-order valence-electron chi connectivity index (χ4n) is 3.53. The molecule has 3 rings (SSSR count). The highest BCUT2D eigenvalue weighted by atomic mass is 32.5. The molecule has 0 amide bonds. The maximum atomic E-state index is 14.4. The quantitative estimate of drug-likeness (QED) is 0.266. The van der Waals surface area contributed by atoms with Crippen molar-refractivity contribution in [3.63, 3.8) is 0 Å². The average molecular weight is 581 g/mol. The number of benzene rings is 1. The third-order valence-corrected chi connectivity index (χ3v) is 7.83. The minimum atomic E-state index is -3.73. The Kier molecular flexibility index (Phi) is 9.55. The summed E-state index contributed by atoms with van der Waals surface area (Å²) >= 11 is 5.52. The van der Waals surface area contributed by atoms with Gasteiger partial charge in [-0.05, 0) is 44.7 Å². The summed E-state index contributed by atoms with van der Waals surface area (Å²) in [5.74, 6) is -2.25. The summed E-state index contributed by atoms with van der Waals surface area (Å²) in [5, 5.41) is 13.2. The lowest BCUT2D eigenvalue weighted by atomic mass is 10.0. The van der Waals surface area contributed by atoms with E-state index in [-0.39, 0.29) is 5.75 Å². The lowest BCUT2D eigenvalue weighted by molar-refractivity contribution is -0.169. The number of alkyl halides is 2. The molecular formula is C22H28F3N4O7PS. The van der Waals surface area contributed by atoms with Crippen molar-refractivity contribution >= 4 is 30.2 Å². The molecule has 0 spiro atoms. The van der Waals surface area contributed by atoms with Gasteiger partial charge in [-0.25, -0.2) is 23.1 Å². The van der Waals surface area contributed by atoms with Gasteiger partial charge in [0.05, 0.1) is 18.9 Å². The van der Waals surface area contributed by atoms with E-state index in [4.69, 9.17) is 36.1 Å². The Morgan fingerprint density at radius 1 is 1.37 bits per heavy atom. The summed E-state index contributed by atoms with van der Waals surface area (Å²) in [6.45, 7) is 0.0870. The molecule has 5 atom stereocenters. The second-order valence-corrected chi connectivity index (χ2v) is 12.0. The Labute approximate surface area is 221 Å². The number of nitrogen functional groups attached to an aromatic ring is 1. The van der Waals surface area contributed by atoms with Crippen molar-refractivity contribution in [3.05, 3.63) is 52.8 Å². The Morgan fingerprint density at radius 2 is 2.03 bits per heavy atom. The smallest absolute Gasteiger partial charge is 0.351 e. The van der Waals surface area contributed by atoms with Crippen LogP contribution in [0.25, 0.3) is 0 Å². The molecule has 1 fully saturated rings. The Balaban J connectivity index is 1.87. The van der Waals surface area contributed by atoms with Crippen molar-refractivity contribution in [1.82, 2.24) is 14.6 Å². The van der Waals surface area contributed by atoms with Crippen LogP contribution in [0.1, 0.15) is 33.4 Å². The van der Waals surface area contributed by atoms with Crippen LogP contribution in [0.5, 0.6) is 5.75 Å². The van der Waals surface area contributed by atoms with E-state index in [1.165, 1.54) is 6.92 Å². The van der Waals surface area contributed by atoms with Crippen molar-refractivity contribution in [2.45, 2.75) is 63.7 Å². The fourth-order valence-corrected chi connectivity index (χ4v) is 5.97. The second-order valence-electron chi connectivity index (χ2n) is 8.82. The number of carbonyl (C=O) groups is 1. The monoisotopic (exact) mass is 580 g/mol. The van der Waals surface area contributed by atoms with Gasteiger partial charge in [0.25, 0.3) is 6.43 Å². The van der Waals surface area contributed by atoms with Gasteiger partial charge in [-0.1, -0.05) is 18.2 Å². The van der Waals surface area contributed by atoms with Gasteiger partial charge in [0.1, 0.15) is 17.9 Å². The number of para-hydroxylation sites is 1. The number of nitrogens with two attached hydrogens (primary N) is 1. The first-order chi connectivity index (χ1) is 17.7. The Hall–Kier alpha value is -2.55. The molecule has 0 bridgehead atoms. The van der Waals surface area contributed by atoms with E-state index in [1.807, 2.05) is 0 Å². The molecule has 1 aliphatic rings. The van der Waals surface area contributed by atoms with Crippen LogP contribution in [0.4, 0.5) is 19.0 Å². The number of hydrogen-bond acceptors (Lipinski definition) is 10. The van der Waals surface area contributed by atoms with Crippen molar-refractivity contribution in [1.29, 1.82) is 0 Å². The third-order valence-electron chi connectivity index (χ3n) is 5.35. The molecule has 5 unspecified atom stereocenters. The summed E-state index contributed by atoms with van der Waals surface area (Å²) in [6, 6.07) is 7.05. The van der Waals surface area contributed by atoms with Gasteiger partial charge in [-0.3, -0.25) is 9.36 Å². The summed E-state index contributed by atoms with van der Waals surface area (Å²) in [7, 11) is 0. The molecule has 16 heteroatoms. The van der Waals surface area contributed by atoms with Gasteiger partial charge in [-0.2, -0.15) is 4.98 Å². The molecule has 11 nitrogen and oxygen atoms in total. The maximum absolute atomic E-state index is 14.4. The zero-order valence-corrected chi connectivity index (χ0v) is 22.3. The van der Waals surface area contributed by atoms with Crippen LogP contribution in [-0.4, -0.2) is 57.5 Å². The number of aromatic nitrogens is 2. The van der Waals surface area contributed by atoms with Crippen LogP contribution in [0.3, 0.4) is 0 Å². The number of rotatable bonds is 11. The van der Waals surface area contributed by atoms with E-state index in [9.17, 15) is 27.9 Å². The predicted octanol–water partition coefficient (Wildman–Crippen LogP) is 2.50. The minimum absolute atomic E-state index is 0.235. The SMILES string of the molecule is CC(C)OC(=O)C(C)NP(=S)(OCC1(C(F)F)CC(O)C(n2cc(F)c(N)nc2=O)O1)Oc1ccccc1. The van der Waals surface area contributed by atoms with Crippen LogP contribution < -0.4 is 21.0 Å². The molecule has 2 heterocycles. The maximum Gasteiger partial charge on any atom is 0.351 e. The van der Waals surface area contributed by atoms with E-state index >= 15 is 0 Å². The number of nitrogens with one attached hydrogen (secondary N) is 1. The number of nitrogens with zero attached hydrogens (tertiary/aromatic N) is 2. The van der Waals surface area contributed by atoms with Crippen molar-refractivity contribution in [2.24, 2.45) is 0 Å². The van der Waals surface area contributed by atoms with Crippen molar-refractivity contribution in [2.75, 3.05) is 12.3 Å². The summed E-state index contributed by atoms with van der Waals surface area (Å²) < 4.78 is 65.3. The Bertz CT molecular complexity index is 1240. The molecule has 1 aliphatic heterocycles. The molecule has 210 valence electrons. The molecular weight excluding hydrogens is 552 g/mol. The van der Waals surface area contributed by atoms with Crippen LogP contribution in [-0.2, 0) is 30.6 Å². The normalized spacial score (nSPS) is 23.8. The molecule has 0 aliphatic carbocycles. The predicted molar refractivity (Wildman–Crippen MR) is 133 cm³/mol. The number of aliphatic hydroxyl groups is 1. The van der Waals surface area contributed by atoms with Crippen LogP contribution in [0.15, 0.2) is 41.3 Å². The van der Waals surface area contributed by atoms with Crippen LogP contribution in [0.2, 0.25) is 0 Å². The van der Waals surface area contributed by atoms with Crippen molar-refractivity contribution in [3.8, 4) is 5.75 Å². The molecule has 4 N–H and O–H groups in total. The number of esters is 1. The second kappa shape index (κ2) is 12.1. The molecule has 38 heavy (non-hydrogen) atoms. The molecule has 1 aromatic carbocycles. The fraction of sp³-hybridized carbons (Fsp3) is 0.500. The van der Waals surface area contributed by atoms with Gasteiger partial charge >= 0.3 is 18.3 Å². The molecule has 1 saturated heterocycles. The summed E-state index contributed by atoms with van der Waals surface area (Å²) in [6.07, 6.45) is -7.16. The lowest BCUT2D eigenvalue weighted by Gasteiger charge is -2.32. The highest BCUT2D eigenvalue weighted by molar-refractivity contribution is 8.09.